The first-order valence-electron chi connectivity index (χ1n) is 9.54. The molecule has 1 unspecified atom stereocenters. The SMILES string of the molecule is CCC(C)C1CCN(CCN2CCC(C(C)C)CC2)CC1. The molecule has 0 aromatic heterocycles. The quantitative estimate of drug-likeness (QED) is 0.727. The summed E-state index contributed by atoms with van der Waals surface area (Å²) in [6.45, 7) is 17.5. The van der Waals surface area contributed by atoms with E-state index < -0.39 is 0 Å². The standard InChI is InChI=1S/C19H38N2/c1-5-17(4)19-8-12-21(13-9-19)15-14-20-10-6-18(7-11-20)16(2)3/h16-19H,5-15H2,1-4H3. The molecule has 2 rings (SSSR count). The van der Waals surface area contributed by atoms with Crippen LogP contribution in [0.15, 0.2) is 0 Å². The fourth-order valence-electron chi connectivity index (χ4n) is 4.20. The first-order valence-corrected chi connectivity index (χ1v) is 9.54. The van der Waals surface area contributed by atoms with Gasteiger partial charge in [-0.2, -0.15) is 0 Å². The van der Waals surface area contributed by atoms with Crippen LogP contribution >= 0.6 is 0 Å². The van der Waals surface area contributed by atoms with Crippen LogP contribution in [-0.2, 0) is 0 Å². The highest BCUT2D eigenvalue weighted by Crippen LogP contribution is 2.27. The van der Waals surface area contributed by atoms with Crippen LogP contribution in [0.3, 0.4) is 0 Å². The summed E-state index contributed by atoms with van der Waals surface area (Å²) in [5.41, 5.74) is 0. The van der Waals surface area contributed by atoms with E-state index in [0.717, 1.165) is 23.7 Å². The number of hydrogen-bond acceptors (Lipinski definition) is 2. The molecular weight excluding hydrogens is 256 g/mol. The Labute approximate surface area is 133 Å². The fraction of sp³-hybridized carbons (Fsp3) is 1.00. The zero-order chi connectivity index (χ0) is 15.2. The summed E-state index contributed by atoms with van der Waals surface area (Å²) < 4.78 is 0. The third-order valence-corrected chi connectivity index (χ3v) is 6.39. The highest BCUT2D eigenvalue weighted by Gasteiger charge is 2.24. The Morgan fingerprint density at radius 2 is 1.19 bits per heavy atom. The molecule has 0 radical (unpaired) electrons. The minimum Gasteiger partial charge on any atom is -0.302 e. The van der Waals surface area contributed by atoms with Crippen molar-refractivity contribution in [2.45, 2.75) is 59.8 Å². The summed E-state index contributed by atoms with van der Waals surface area (Å²) in [4.78, 5) is 5.42. The summed E-state index contributed by atoms with van der Waals surface area (Å²) in [6.07, 6.45) is 7.08. The van der Waals surface area contributed by atoms with Crippen molar-refractivity contribution in [3.8, 4) is 0 Å². The summed E-state index contributed by atoms with van der Waals surface area (Å²) >= 11 is 0. The first kappa shape index (κ1) is 17.3. The van der Waals surface area contributed by atoms with Gasteiger partial charge in [0.15, 0.2) is 0 Å². The van der Waals surface area contributed by atoms with Crippen molar-refractivity contribution >= 4 is 0 Å². The lowest BCUT2D eigenvalue weighted by atomic mass is 9.84. The van der Waals surface area contributed by atoms with Gasteiger partial charge in [0.05, 0.1) is 0 Å². The Morgan fingerprint density at radius 1 is 0.762 bits per heavy atom. The molecule has 1 atom stereocenters. The number of hydrogen-bond donors (Lipinski definition) is 0. The van der Waals surface area contributed by atoms with Crippen LogP contribution in [0.25, 0.3) is 0 Å². The molecule has 2 aliphatic rings. The first-order chi connectivity index (χ1) is 10.1. The molecule has 0 aliphatic carbocycles. The van der Waals surface area contributed by atoms with Gasteiger partial charge in [-0.3, -0.25) is 0 Å². The molecule has 0 saturated carbocycles. The molecule has 0 aromatic rings. The Balaban J connectivity index is 1.60. The molecule has 124 valence electrons. The second-order valence-corrected chi connectivity index (χ2v) is 7.99. The van der Waals surface area contributed by atoms with Crippen LogP contribution in [0.1, 0.15) is 59.8 Å². The van der Waals surface area contributed by atoms with E-state index in [2.05, 4.69) is 37.5 Å². The van der Waals surface area contributed by atoms with Gasteiger partial charge in [-0.1, -0.05) is 34.1 Å². The number of rotatable bonds is 6. The monoisotopic (exact) mass is 294 g/mol. The van der Waals surface area contributed by atoms with Gasteiger partial charge in [-0.15, -0.1) is 0 Å². The van der Waals surface area contributed by atoms with E-state index in [4.69, 9.17) is 0 Å². The van der Waals surface area contributed by atoms with Gasteiger partial charge in [-0.25, -0.2) is 0 Å². The molecule has 2 heterocycles. The zero-order valence-corrected chi connectivity index (χ0v) is 15.0. The second kappa shape index (κ2) is 8.53. The van der Waals surface area contributed by atoms with Crippen molar-refractivity contribution in [3.05, 3.63) is 0 Å². The molecule has 2 aliphatic heterocycles. The van der Waals surface area contributed by atoms with E-state index in [1.165, 1.54) is 71.4 Å². The summed E-state index contributed by atoms with van der Waals surface area (Å²) in [5.74, 6) is 3.79. The molecule has 2 heteroatoms. The number of nitrogens with zero attached hydrogens (tertiary/aromatic N) is 2. The predicted molar refractivity (Wildman–Crippen MR) is 92.6 cm³/mol. The molecule has 0 bridgehead atoms. The maximum atomic E-state index is 2.72. The minimum atomic E-state index is 0.881. The summed E-state index contributed by atoms with van der Waals surface area (Å²) in [5, 5.41) is 0. The van der Waals surface area contributed by atoms with E-state index in [0.29, 0.717) is 0 Å². The predicted octanol–water partition coefficient (Wildman–Crippen LogP) is 4.11. The van der Waals surface area contributed by atoms with Crippen molar-refractivity contribution in [3.63, 3.8) is 0 Å². The lowest BCUT2D eigenvalue weighted by Crippen LogP contribution is -2.43. The Hall–Kier alpha value is -0.0800. The summed E-state index contributed by atoms with van der Waals surface area (Å²) in [7, 11) is 0. The highest BCUT2D eigenvalue weighted by atomic mass is 15.2. The van der Waals surface area contributed by atoms with Gasteiger partial charge in [-0.05, 0) is 75.5 Å². The largest absolute Gasteiger partial charge is 0.302 e. The van der Waals surface area contributed by atoms with Gasteiger partial charge in [0.25, 0.3) is 0 Å². The molecular formula is C19H38N2. The topological polar surface area (TPSA) is 6.48 Å². The van der Waals surface area contributed by atoms with Crippen LogP contribution in [0, 0.1) is 23.7 Å². The lowest BCUT2D eigenvalue weighted by molar-refractivity contribution is 0.111. The number of piperidine rings is 2. The fourth-order valence-corrected chi connectivity index (χ4v) is 4.20. The van der Waals surface area contributed by atoms with Crippen molar-refractivity contribution in [2.75, 3.05) is 39.3 Å². The van der Waals surface area contributed by atoms with E-state index >= 15 is 0 Å². The van der Waals surface area contributed by atoms with E-state index in [1.807, 2.05) is 0 Å². The van der Waals surface area contributed by atoms with Crippen LogP contribution in [0.2, 0.25) is 0 Å². The maximum Gasteiger partial charge on any atom is 0.0109 e. The van der Waals surface area contributed by atoms with Gasteiger partial charge in [0.1, 0.15) is 0 Å². The smallest absolute Gasteiger partial charge is 0.0109 e. The molecule has 2 nitrogen and oxygen atoms in total. The molecule has 2 saturated heterocycles. The van der Waals surface area contributed by atoms with Crippen molar-refractivity contribution in [1.29, 1.82) is 0 Å². The molecule has 0 amide bonds. The molecule has 0 spiro atoms. The van der Waals surface area contributed by atoms with Gasteiger partial charge < -0.3 is 9.80 Å². The van der Waals surface area contributed by atoms with Crippen molar-refractivity contribution in [1.82, 2.24) is 9.80 Å². The van der Waals surface area contributed by atoms with E-state index in [9.17, 15) is 0 Å². The lowest BCUT2D eigenvalue weighted by Gasteiger charge is -2.38. The zero-order valence-electron chi connectivity index (χ0n) is 15.0. The van der Waals surface area contributed by atoms with Gasteiger partial charge in [0.2, 0.25) is 0 Å². The van der Waals surface area contributed by atoms with E-state index in [1.54, 1.807) is 0 Å². The molecule has 0 aromatic carbocycles. The summed E-state index contributed by atoms with van der Waals surface area (Å²) in [6, 6.07) is 0. The maximum absolute atomic E-state index is 2.72. The average molecular weight is 295 g/mol. The van der Waals surface area contributed by atoms with Gasteiger partial charge in [0, 0.05) is 13.1 Å². The molecule has 21 heavy (non-hydrogen) atoms. The normalized spacial score (nSPS) is 25.6. The second-order valence-electron chi connectivity index (χ2n) is 7.99. The van der Waals surface area contributed by atoms with Gasteiger partial charge >= 0.3 is 0 Å². The van der Waals surface area contributed by atoms with Crippen molar-refractivity contribution in [2.24, 2.45) is 23.7 Å². The average Bonchev–Trinajstić information content (AvgIpc) is 2.53. The van der Waals surface area contributed by atoms with Crippen LogP contribution in [0.4, 0.5) is 0 Å². The van der Waals surface area contributed by atoms with Crippen LogP contribution < -0.4 is 0 Å². The molecule has 2 fully saturated rings. The van der Waals surface area contributed by atoms with E-state index in [-0.39, 0.29) is 0 Å². The number of likely N-dealkylation sites (tertiary alicyclic amines) is 2. The van der Waals surface area contributed by atoms with Crippen LogP contribution in [0.5, 0.6) is 0 Å². The molecule has 0 N–H and O–H groups in total. The highest BCUT2D eigenvalue weighted by molar-refractivity contribution is 4.78. The van der Waals surface area contributed by atoms with Crippen molar-refractivity contribution < 1.29 is 0 Å². The van der Waals surface area contributed by atoms with Crippen LogP contribution in [-0.4, -0.2) is 49.1 Å². The Bertz CT molecular complexity index is 273. The minimum absolute atomic E-state index is 0.881. The third kappa shape index (κ3) is 5.25. The third-order valence-electron chi connectivity index (χ3n) is 6.39. The Morgan fingerprint density at radius 3 is 1.57 bits per heavy atom. The Kier molecular flexibility index (Phi) is 7.01.